The van der Waals surface area contributed by atoms with Crippen molar-refractivity contribution in [2.75, 3.05) is 25.1 Å². The van der Waals surface area contributed by atoms with Crippen molar-refractivity contribution in [3.8, 4) is 0 Å². The fourth-order valence-electron chi connectivity index (χ4n) is 2.07. The van der Waals surface area contributed by atoms with Crippen molar-refractivity contribution in [1.82, 2.24) is 19.7 Å². The van der Waals surface area contributed by atoms with Gasteiger partial charge in [0, 0.05) is 38.8 Å². The van der Waals surface area contributed by atoms with Crippen LogP contribution in [0, 0.1) is 0 Å². The van der Waals surface area contributed by atoms with Gasteiger partial charge in [-0.1, -0.05) is 0 Å². The third-order valence-electron chi connectivity index (χ3n) is 3.05. The number of ether oxygens (including phenoxy) is 1. The lowest BCUT2D eigenvalue weighted by molar-refractivity contribution is 0.177. The van der Waals surface area contributed by atoms with E-state index in [1.807, 2.05) is 29.2 Å². The molecule has 1 fully saturated rings. The zero-order valence-electron chi connectivity index (χ0n) is 10.2. The van der Waals surface area contributed by atoms with E-state index in [1.54, 1.807) is 13.3 Å². The van der Waals surface area contributed by atoms with Crippen LogP contribution in [0.15, 0.2) is 30.7 Å². The lowest BCUT2D eigenvalue weighted by Gasteiger charge is -2.40. The lowest BCUT2D eigenvalue weighted by Crippen LogP contribution is -2.48. The molecular weight excluding hydrogens is 230 g/mol. The van der Waals surface area contributed by atoms with Crippen LogP contribution in [-0.2, 0) is 11.3 Å². The van der Waals surface area contributed by atoms with Gasteiger partial charge in [-0.25, -0.2) is 9.97 Å². The topological polar surface area (TPSA) is 56.1 Å². The smallest absolute Gasteiger partial charge is 0.156 e. The predicted molar refractivity (Wildman–Crippen MR) is 66.2 cm³/mol. The molecule has 3 rings (SSSR count). The maximum absolute atomic E-state index is 5.04. The first kappa shape index (κ1) is 11.2. The molecule has 1 saturated heterocycles. The minimum Gasteiger partial charge on any atom is -0.377 e. The second-order valence-electron chi connectivity index (χ2n) is 4.31. The van der Waals surface area contributed by atoms with Gasteiger partial charge in [-0.05, 0) is 12.1 Å². The summed E-state index contributed by atoms with van der Waals surface area (Å²) in [6, 6.07) is 4.32. The fourth-order valence-corrected chi connectivity index (χ4v) is 2.07. The second-order valence-corrected chi connectivity index (χ2v) is 4.31. The predicted octanol–water partition coefficient (Wildman–Crippen LogP) is 0.881. The molecule has 0 unspecified atom stereocenters. The van der Waals surface area contributed by atoms with Crippen molar-refractivity contribution in [3.05, 3.63) is 36.5 Å². The van der Waals surface area contributed by atoms with Crippen molar-refractivity contribution in [2.24, 2.45) is 0 Å². The Bertz CT molecular complexity index is 507. The average molecular weight is 245 g/mol. The Balaban J connectivity index is 1.65. The first-order valence-corrected chi connectivity index (χ1v) is 5.92. The van der Waals surface area contributed by atoms with Crippen molar-refractivity contribution in [2.45, 2.75) is 12.6 Å². The normalized spacial score (nSPS) is 15.7. The van der Waals surface area contributed by atoms with Gasteiger partial charge in [0.1, 0.15) is 12.4 Å². The number of anilines is 1. The van der Waals surface area contributed by atoms with Crippen molar-refractivity contribution in [1.29, 1.82) is 0 Å². The molecule has 0 atom stereocenters. The van der Waals surface area contributed by atoms with Gasteiger partial charge in [0.05, 0.1) is 6.04 Å². The number of nitrogens with zero attached hydrogens (tertiary/aromatic N) is 5. The molecule has 0 aromatic carbocycles. The molecule has 0 aliphatic carbocycles. The van der Waals surface area contributed by atoms with E-state index in [-0.39, 0.29) is 0 Å². The Morgan fingerprint density at radius 3 is 3.00 bits per heavy atom. The van der Waals surface area contributed by atoms with Crippen LogP contribution in [0.3, 0.4) is 0 Å². The summed E-state index contributed by atoms with van der Waals surface area (Å²) in [4.78, 5) is 10.8. The highest BCUT2D eigenvalue weighted by Crippen LogP contribution is 2.25. The summed E-state index contributed by atoms with van der Waals surface area (Å²) < 4.78 is 7.03. The molecular formula is C12H15N5O. The van der Waals surface area contributed by atoms with Crippen LogP contribution in [-0.4, -0.2) is 39.9 Å². The fraction of sp³-hybridized carbons (Fsp3) is 0.417. The van der Waals surface area contributed by atoms with E-state index in [4.69, 9.17) is 4.74 Å². The Hall–Kier alpha value is -1.95. The summed E-state index contributed by atoms with van der Waals surface area (Å²) in [7, 11) is 1.65. The molecule has 18 heavy (non-hydrogen) atoms. The van der Waals surface area contributed by atoms with E-state index in [0.29, 0.717) is 12.6 Å². The molecule has 0 amide bonds. The summed E-state index contributed by atoms with van der Waals surface area (Å²) in [5.41, 5.74) is 0. The largest absolute Gasteiger partial charge is 0.377 e. The van der Waals surface area contributed by atoms with Crippen LogP contribution >= 0.6 is 0 Å². The van der Waals surface area contributed by atoms with Crippen LogP contribution < -0.4 is 4.90 Å². The van der Waals surface area contributed by atoms with Gasteiger partial charge < -0.3 is 9.64 Å². The molecule has 1 aliphatic rings. The third kappa shape index (κ3) is 2.06. The number of aromatic nitrogens is 4. The summed E-state index contributed by atoms with van der Waals surface area (Å²) >= 11 is 0. The number of rotatable bonds is 4. The maximum Gasteiger partial charge on any atom is 0.156 e. The molecule has 94 valence electrons. The highest BCUT2D eigenvalue weighted by molar-refractivity contribution is 5.41. The van der Waals surface area contributed by atoms with Crippen molar-refractivity contribution in [3.63, 3.8) is 0 Å². The standard InChI is InChI=1S/C12H15N5O/c1-18-9-11-13-5-3-12(15-11)16-7-10(8-16)17-6-2-4-14-17/h2-6,10H,7-9H2,1H3. The van der Waals surface area contributed by atoms with Gasteiger partial charge in [-0.15, -0.1) is 0 Å². The average Bonchev–Trinajstić information content (AvgIpc) is 2.82. The van der Waals surface area contributed by atoms with Crippen LogP contribution in [0.1, 0.15) is 11.9 Å². The first-order valence-electron chi connectivity index (χ1n) is 5.92. The number of methoxy groups -OCH3 is 1. The highest BCUT2D eigenvalue weighted by Gasteiger charge is 2.29. The Kier molecular flexibility index (Phi) is 2.93. The SMILES string of the molecule is COCc1nccc(N2CC(n3cccn3)C2)n1. The Labute approximate surface area is 105 Å². The zero-order chi connectivity index (χ0) is 12.4. The molecule has 3 heterocycles. The third-order valence-corrected chi connectivity index (χ3v) is 3.05. The lowest BCUT2D eigenvalue weighted by atomic mass is 10.1. The number of hydrogen-bond acceptors (Lipinski definition) is 5. The molecule has 6 nitrogen and oxygen atoms in total. The zero-order valence-corrected chi connectivity index (χ0v) is 10.2. The Morgan fingerprint density at radius 1 is 1.39 bits per heavy atom. The molecule has 0 N–H and O–H groups in total. The van der Waals surface area contributed by atoms with Crippen LogP contribution in [0.5, 0.6) is 0 Å². The van der Waals surface area contributed by atoms with Gasteiger partial charge in [-0.2, -0.15) is 5.10 Å². The first-order chi connectivity index (χ1) is 8.86. The van der Waals surface area contributed by atoms with Crippen molar-refractivity contribution >= 4 is 5.82 Å². The highest BCUT2D eigenvalue weighted by atomic mass is 16.5. The van der Waals surface area contributed by atoms with E-state index in [2.05, 4.69) is 20.0 Å². The maximum atomic E-state index is 5.04. The summed E-state index contributed by atoms with van der Waals surface area (Å²) in [5.74, 6) is 1.68. The Morgan fingerprint density at radius 2 is 2.28 bits per heavy atom. The number of hydrogen-bond donors (Lipinski definition) is 0. The van der Waals surface area contributed by atoms with E-state index < -0.39 is 0 Å². The minimum absolute atomic E-state index is 0.445. The quantitative estimate of drug-likeness (QED) is 0.800. The molecule has 6 heteroatoms. The van der Waals surface area contributed by atoms with Crippen LogP contribution in [0.2, 0.25) is 0 Å². The van der Waals surface area contributed by atoms with Gasteiger partial charge in [0.25, 0.3) is 0 Å². The van der Waals surface area contributed by atoms with E-state index >= 15 is 0 Å². The summed E-state index contributed by atoms with van der Waals surface area (Å²) in [6.07, 6.45) is 5.58. The summed E-state index contributed by atoms with van der Waals surface area (Å²) in [6.45, 7) is 2.32. The molecule has 0 radical (unpaired) electrons. The van der Waals surface area contributed by atoms with Gasteiger partial charge >= 0.3 is 0 Å². The minimum atomic E-state index is 0.445. The summed E-state index contributed by atoms with van der Waals surface area (Å²) in [5, 5.41) is 4.25. The van der Waals surface area contributed by atoms with Gasteiger partial charge in [0.2, 0.25) is 0 Å². The molecule has 2 aromatic heterocycles. The monoisotopic (exact) mass is 245 g/mol. The molecule has 0 saturated carbocycles. The van der Waals surface area contributed by atoms with Crippen molar-refractivity contribution < 1.29 is 4.74 Å². The van der Waals surface area contributed by atoms with Crippen LogP contribution in [0.4, 0.5) is 5.82 Å². The van der Waals surface area contributed by atoms with E-state index in [0.717, 1.165) is 24.7 Å². The molecule has 2 aromatic rings. The van der Waals surface area contributed by atoms with Gasteiger partial charge in [-0.3, -0.25) is 4.68 Å². The molecule has 0 spiro atoms. The van der Waals surface area contributed by atoms with Gasteiger partial charge in [0.15, 0.2) is 5.82 Å². The molecule has 0 bridgehead atoms. The van der Waals surface area contributed by atoms with Crippen LogP contribution in [0.25, 0.3) is 0 Å². The second kappa shape index (κ2) is 4.73. The van der Waals surface area contributed by atoms with E-state index in [9.17, 15) is 0 Å². The van der Waals surface area contributed by atoms with E-state index in [1.165, 1.54) is 0 Å². The molecule has 1 aliphatic heterocycles.